The van der Waals surface area contributed by atoms with Gasteiger partial charge in [0.05, 0.1) is 19.2 Å². The number of ether oxygens (including phenoxy) is 1. The van der Waals surface area contributed by atoms with Crippen molar-refractivity contribution in [2.75, 3.05) is 12.4 Å². The summed E-state index contributed by atoms with van der Waals surface area (Å²) in [5, 5.41) is 2.61. The molecule has 29 heavy (non-hydrogen) atoms. The van der Waals surface area contributed by atoms with Crippen molar-refractivity contribution >= 4 is 11.6 Å². The van der Waals surface area contributed by atoms with Gasteiger partial charge in [-0.3, -0.25) is 9.59 Å². The zero-order valence-electron chi connectivity index (χ0n) is 15.4. The quantitative estimate of drug-likeness (QED) is 0.697. The molecule has 0 spiro atoms. The van der Waals surface area contributed by atoms with Gasteiger partial charge in [0.2, 0.25) is 0 Å². The van der Waals surface area contributed by atoms with Crippen LogP contribution in [0.3, 0.4) is 0 Å². The first-order chi connectivity index (χ1) is 13.8. The van der Waals surface area contributed by atoms with Crippen LogP contribution in [0.1, 0.15) is 21.5 Å². The highest BCUT2D eigenvalue weighted by Gasteiger charge is 2.30. The number of pyridine rings is 1. The average molecular weight is 402 g/mol. The van der Waals surface area contributed by atoms with Crippen LogP contribution in [0.5, 0.6) is 5.75 Å². The van der Waals surface area contributed by atoms with E-state index in [0.717, 1.165) is 12.1 Å². The minimum Gasteiger partial charge on any atom is -0.497 e. The Morgan fingerprint density at radius 3 is 2.55 bits per heavy atom. The van der Waals surface area contributed by atoms with Crippen LogP contribution in [0, 0.1) is 0 Å². The van der Waals surface area contributed by atoms with E-state index in [1.54, 1.807) is 24.3 Å². The largest absolute Gasteiger partial charge is 0.497 e. The number of anilines is 1. The van der Waals surface area contributed by atoms with E-state index < -0.39 is 23.2 Å². The number of nitrogens with one attached hydrogen (secondary N) is 1. The van der Waals surface area contributed by atoms with Gasteiger partial charge >= 0.3 is 6.18 Å². The zero-order valence-corrected chi connectivity index (χ0v) is 15.4. The highest BCUT2D eigenvalue weighted by molar-refractivity contribution is 6.04. The van der Waals surface area contributed by atoms with Crippen molar-refractivity contribution in [3.05, 3.63) is 93.9 Å². The number of carbonyl (C=O) groups is 1. The molecule has 0 unspecified atom stereocenters. The molecule has 1 amide bonds. The Balaban J connectivity index is 1.84. The lowest BCUT2D eigenvalue weighted by atomic mass is 10.1. The summed E-state index contributed by atoms with van der Waals surface area (Å²) in [5.74, 6) is -0.0838. The smallest absolute Gasteiger partial charge is 0.416 e. The molecule has 1 N–H and O–H groups in total. The Bertz CT molecular complexity index is 1090. The number of hydrogen-bond donors (Lipinski definition) is 1. The van der Waals surface area contributed by atoms with Crippen LogP contribution in [0.25, 0.3) is 0 Å². The third kappa shape index (κ3) is 4.84. The van der Waals surface area contributed by atoms with Gasteiger partial charge in [0.25, 0.3) is 11.5 Å². The summed E-state index contributed by atoms with van der Waals surface area (Å²) in [6.07, 6.45) is -3.05. The number of methoxy groups -OCH3 is 1. The highest BCUT2D eigenvalue weighted by Crippen LogP contribution is 2.29. The van der Waals surface area contributed by atoms with Crippen molar-refractivity contribution in [3.63, 3.8) is 0 Å². The Kier molecular flexibility index (Phi) is 5.72. The Morgan fingerprint density at radius 1 is 1.07 bits per heavy atom. The lowest BCUT2D eigenvalue weighted by molar-refractivity contribution is -0.137. The molecule has 3 aromatic rings. The second kappa shape index (κ2) is 8.22. The molecule has 0 aliphatic heterocycles. The van der Waals surface area contributed by atoms with Crippen LogP contribution < -0.4 is 15.6 Å². The van der Waals surface area contributed by atoms with Crippen molar-refractivity contribution < 1.29 is 22.7 Å². The molecule has 0 aliphatic rings. The van der Waals surface area contributed by atoms with Crippen molar-refractivity contribution in [2.45, 2.75) is 12.7 Å². The molecule has 0 bridgehead atoms. The van der Waals surface area contributed by atoms with Crippen molar-refractivity contribution in [1.29, 1.82) is 0 Å². The second-order valence-corrected chi connectivity index (χ2v) is 6.24. The van der Waals surface area contributed by atoms with E-state index in [9.17, 15) is 22.8 Å². The SMILES string of the molecule is COc1cccc(NC(=O)c2cccn(Cc3cccc(C(F)(F)F)c3)c2=O)c1. The lowest BCUT2D eigenvalue weighted by Crippen LogP contribution is -2.29. The van der Waals surface area contributed by atoms with Gasteiger partial charge in [0.15, 0.2) is 0 Å². The Labute approximate surface area is 164 Å². The normalized spacial score (nSPS) is 11.2. The minimum absolute atomic E-state index is 0.0942. The number of alkyl halides is 3. The van der Waals surface area contributed by atoms with E-state index in [4.69, 9.17) is 4.74 Å². The van der Waals surface area contributed by atoms with Gasteiger partial charge in [-0.2, -0.15) is 13.2 Å². The molecule has 1 aromatic heterocycles. The molecule has 0 saturated heterocycles. The van der Waals surface area contributed by atoms with Crippen LogP contribution in [0.4, 0.5) is 18.9 Å². The molecule has 8 heteroatoms. The first-order valence-corrected chi connectivity index (χ1v) is 8.59. The summed E-state index contributed by atoms with van der Waals surface area (Å²) in [4.78, 5) is 25.2. The van der Waals surface area contributed by atoms with Crippen molar-refractivity contribution in [2.24, 2.45) is 0 Å². The predicted molar refractivity (Wildman–Crippen MR) is 102 cm³/mol. The van der Waals surface area contributed by atoms with Gasteiger partial charge in [-0.25, -0.2) is 0 Å². The zero-order chi connectivity index (χ0) is 21.0. The van der Waals surface area contributed by atoms with E-state index in [1.807, 2.05) is 0 Å². The number of benzene rings is 2. The first-order valence-electron chi connectivity index (χ1n) is 8.59. The van der Waals surface area contributed by atoms with Crippen LogP contribution in [-0.4, -0.2) is 17.6 Å². The minimum atomic E-state index is -4.47. The van der Waals surface area contributed by atoms with E-state index in [1.165, 1.54) is 42.1 Å². The maximum Gasteiger partial charge on any atom is 0.416 e. The average Bonchev–Trinajstić information content (AvgIpc) is 2.69. The summed E-state index contributed by atoms with van der Waals surface area (Å²) in [6, 6.07) is 14.2. The van der Waals surface area contributed by atoms with Crippen molar-refractivity contribution in [1.82, 2.24) is 4.57 Å². The molecule has 1 heterocycles. The van der Waals surface area contributed by atoms with Gasteiger partial charge in [0.1, 0.15) is 11.3 Å². The number of hydrogen-bond acceptors (Lipinski definition) is 3. The summed E-state index contributed by atoms with van der Waals surface area (Å²) in [6.45, 7) is -0.0942. The van der Waals surface area contributed by atoms with Crippen LogP contribution in [0.2, 0.25) is 0 Å². The first kappa shape index (κ1) is 20.2. The maximum atomic E-state index is 12.9. The standard InChI is InChI=1S/C21H17F3N2O3/c1-29-17-8-3-7-16(12-17)25-19(27)18-9-4-10-26(20(18)28)13-14-5-2-6-15(11-14)21(22,23)24/h2-12H,13H2,1H3,(H,25,27). The monoisotopic (exact) mass is 402 g/mol. The molecular formula is C21H17F3N2O3. The van der Waals surface area contributed by atoms with Crippen LogP contribution in [0.15, 0.2) is 71.7 Å². The fraction of sp³-hybridized carbons (Fsp3) is 0.143. The number of aromatic nitrogens is 1. The topological polar surface area (TPSA) is 60.3 Å². The molecule has 0 radical (unpaired) electrons. The highest BCUT2D eigenvalue weighted by atomic mass is 19.4. The third-order valence-electron chi connectivity index (χ3n) is 4.20. The fourth-order valence-electron chi connectivity index (χ4n) is 2.78. The van der Waals surface area contributed by atoms with E-state index in [-0.39, 0.29) is 12.1 Å². The van der Waals surface area contributed by atoms with E-state index in [0.29, 0.717) is 17.0 Å². The maximum absolute atomic E-state index is 12.9. The van der Waals surface area contributed by atoms with Gasteiger partial charge in [-0.05, 0) is 42.0 Å². The predicted octanol–water partition coefficient (Wildman–Crippen LogP) is 4.18. The van der Waals surface area contributed by atoms with E-state index in [2.05, 4.69) is 5.32 Å². The molecule has 150 valence electrons. The molecule has 5 nitrogen and oxygen atoms in total. The number of carbonyl (C=O) groups excluding carboxylic acids is 1. The number of rotatable bonds is 5. The van der Waals surface area contributed by atoms with E-state index >= 15 is 0 Å². The Hall–Kier alpha value is -3.55. The molecule has 0 fully saturated rings. The van der Waals surface area contributed by atoms with Crippen LogP contribution >= 0.6 is 0 Å². The summed E-state index contributed by atoms with van der Waals surface area (Å²) >= 11 is 0. The van der Waals surface area contributed by atoms with Gasteiger partial charge in [-0.15, -0.1) is 0 Å². The number of halogens is 3. The third-order valence-corrected chi connectivity index (χ3v) is 4.20. The number of nitrogens with zero attached hydrogens (tertiary/aromatic N) is 1. The molecule has 3 rings (SSSR count). The van der Waals surface area contributed by atoms with Crippen molar-refractivity contribution in [3.8, 4) is 5.75 Å². The summed E-state index contributed by atoms with van der Waals surface area (Å²) in [7, 11) is 1.49. The molecule has 0 aliphatic carbocycles. The molecular weight excluding hydrogens is 385 g/mol. The molecule has 2 aromatic carbocycles. The summed E-state index contributed by atoms with van der Waals surface area (Å²) < 4.78 is 44.9. The Morgan fingerprint density at radius 2 is 1.83 bits per heavy atom. The molecule has 0 atom stereocenters. The summed E-state index contributed by atoms with van der Waals surface area (Å²) in [5.41, 5.74) is -0.781. The van der Waals surface area contributed by atoms with Gasteiger partial charge in [-0.1, -0.05) is 18.2 Å². The fourth-order valence-corrected chi connectivity index (χ4v) is 2.78. The van der Waals surface area contributed by atoms with Gasteiger partial charge < -0.3 is 14.6 Å². The van der Waals surface area contributed by atoms with Crippen LogP contribution in [-0.2, 0) is 12.7 Å². The lowest BCUT2D eigenvalue weighted by Gasteiger charge is -2.11. The molecule has 0 saturated carbocycles. The van der Waals surface area contributed by atoms with Gasteiger partial charge in [0, 0.05) is 18.0 Å². The second-order valence-electron chi connectivity index (χ2n) is 6.24. The number of amides is 1.